The van der Waals surface area contributed by atoms with Crippen molar-refractivity contribution in [1.82, 2.24) is 0 Å². The van der Waals surface area contributed by atoms with Crippen molar-refractivity contribution in [3.63, 3.8) is 0 Å². The zero-order valence-corrected chi connectivity index (χ0v) is 10.9. The van der Waals surface area contributed by atoms with Crippen molar-refractivity contribution in [1.29, 1.82) is 0 Å². The zero-order chi connectivity index (χ0) is 14.3. The molecule has 0 radical (unpaired) electrons. The number of nitrogens with two attached hydrogens (primary N) is 1. The van der Waals surface area contributed by atoms with Gasteiger partial charge in [-0.15, -0.1) is 0 Å². The van der Waals surface area contributed by atoms with Crippen LogP contribution in [0.15, 0.2) is 24.3 Å². The van der Waals surface area contributed by atoms with Gasteiger partial charge in [-0.05, 0) is 24.6 Å². The molecule has 0 unspecified atom stereocenters. The van der Waals surface area contributed by atoms with Crippen LogP contribution in [0, 0.1) is 0 Å². The molecule has 0 aromatic heterocycles. The van der Waals surface area contributed by atoms with Crippen molar-refractivity contribution in [3.8, 4) is 0 Å². The summed E-state index contributed by atoms with van der Waals surface area (Å²) < 4.78 is 40.5. The number of halogens is 3. The molecule has 1 rings (SSSR count). The van der Waals surface area contributed by atoms with Crippen LogP contribution < -0.4 is 10.6 Å². The van der Waals surface area contributed by atoms with Gasteiger partial charge in [0, 0.05) is 24.5 Å². The van der Waals surface area contributed by atoms with E-state index in [-0.39, 0.29) is 6.61 Å². The normalized spacial score (nSPS) is 11.6. The third-order valence-corrected chi connectivity index (χ3v) is 2.50. The van der Waals surface area contributed by atoms with E-state index in [1.54, 1.807) is 12.1 Å². The molecule has 1 aromatic carbocycles. The molecule has 0 aliphatic heterocycles. The van der Waals surface area contributed by atoms with Gasteiger partial charge >= 0.3 is 6.18 Å². The highest BCUT2D eigenvalue weighted by atomic mass is 19.4. The van der Waals surface area contributed by atoms with E-state index in [0.717, 1.165) is 18.7 Å². The average molecular weight is 276 g/mol. The summed E-state index contributed by atoms with van der Waals surface area (Å²) in [6.07, 6.45) is -3.37. The Morgan fingerprint density at radius 2 is 2.00 bits per heavy atom. The summed E-state index contributed by atoms with van der Waals surface area (Å²) in [7, 11) is 0. The van der Waals surface area contributed by atoms with Gasteiger partial charge in [0.1, 0.15) is 6.61 Å². The monoisotopic (exact) mass is 276 g/mol. The van der Waals surface area contributed by atoms with Gasteiger partial charge in [-0.1, -0.05) is 13.0 Å². The van der Waals surface area contributed by atoms with E-state index >= 15 is 0 Å². The summed E-state index contributed by atoms with van der Waals surface area (Å²) in [5, 5.41) is 0. The molecule has 0 spiro atoms. The van der Waals surface area contributed by atoms with Crippen molar-refractivity contribution in [2.24, 2.45) is 0 Å². The second kappa shape index (κ2) is 7.23. The van der Waals surface area contributed by atoms with Crippen LogP contribution in [-0.2, 0) is 4.74 Å². The maximum absolute atomic E-state index is 11.9. The molecular formula is C13H19F3N2O. The Hall–Kier alpha value is -1.43. The van der Waals surface area contributed by atoms with Crippen molar-refractivity contribution in [2.45, 2.75) is 19.5 Å². The van der Waals surface area contributed by atoms with E-state index in [0.29, 0.717) is 12.2 Å². The fourth-order valence-electron chi connectivity index (χ4n) is 1.72. The first-order chi connectivity index (χ1) is 8.92. The van der Waals surface area contributed by atoms with Crippen LogP contribution in [-0.4, -0.2) is 32.5 Å². The molecule has 0 atom stereocenters. The predicted octanol–water partition coefficient (Wildman–Crippen LogP) is 3.06. The minimum atomic E-state index is -4.27. The summed E-state index contributed by atoms with van der Waals surface area (Å²) in [6, 6.07) is 7.28. The number of ether oxygens (including phenoxy) is 1. The first-order valence-electron chi connectivity index (χ1n) is 6.17. The molecule has 0 saturated heterocycles. The van der Waals surface area contributed by atoms with Gasteiger partial charge in [-0.2, -0.15) is 13.2 Å². The minimum Gasteiger partial charge on any atom is -0.399 e. The summed E-state index contributed by atoms with van der Waals surface area (Å²) in [4.78, 5) is 1.97. The maximum Gasteiger partial charge on any atom is 0.411 e. The molecule has 0 saturated carbocycles. The third kappa shape index (κ3) is 6.33. The zero-order valence-electron chi connectivity index (χ0n) is 10.9. The van der Waals surface area contributed by atoms with E-state index < -0.39 is 12.8 Å². The van der Waals surface area contributed by atoms with Gasteiger partial charge in [0.25, 0.3) is 0 Å². The molecule has 0 heterocycles. The van der Waals surface area contributed by atoms with Crippen LogP contribution in [0.2, 0.25) is 0 Å². The Morgan fingerprint density at radius 1 is 1.26 bits per heavy atom. The SMILES string of the molecule is CCCN(CCOCC(F)(F)F)c1cccc(N)c1. The average Bonchev–Trinajstić information content (AvgIpc) is 2.32. The molecular weight excluding hydrogens is 257 g/mol. The maximum atomic E-state index is 11.9. The van der Waals surface area contributed by atoms with Crippen LogP contribution in [0.5, 0.6) is 0 Å². The molecule has 0 bridgehead atoms. The molecule has 0 aliphatic rings. The van der Waals surface area contributed by atoms with Crippen LogP contribution in [0.1, 0.15) is 13.3 Å². The Morgan fingerprint density at radius 3 is 2.58 bits per heavy atom. The largest absolute Gasteiger partial charge is 0.411 e. The number of hydrogen-bond donors (Lipinski definition) is 1. The number of hydrogen-bond acceptors (Lipinski definition) is 3. The highest BCUT2D eigenvalue weighted by Crippen LogP contribution is 2.18. The van der Waals surface area contributed by atoms with E-state index in [1.807, 2.05) is 24.0 Å². The molecule has 2 N–H and O–H groups in total. The highest BCUT2D eigenvalue weighted by Gasteiger charge is 2.27. The van der Waals surface area contributed by atoms with Crippen molar-refractivity contribution in [2.75, 3.05) is 36.9 Å². The Balaban J connectivity index is 2.49. The first kappa shape index (κ1) is 15.6. The molecule has 1 aromatic rings. The number of nitrogen functional groups attached to an aromatic ring is 1. The lowest BCUT2D eigenvalue weighted by atomic mass is 10.2. The molecule has 108 valence electrons. The first-order valence-corrected chi connectivity index (χ1v) is 6.17. The van der Waals surface area contributed by atoms with E-state index in [4.69, 9.17) is 5.73 Å². The van der Waals surface area contributed by atoms with Crippen LogP contribution in [0.25, 0.3) is 0 Å². The lowest BCUT2D eigenvalue weighted by Crippen LogP contribution is -2.29. The van der Waals surface area contributed by atoms with E-state index in [2.05, 4.69) is 4.74 Å². The minimum absolute atomic E-state index is 0.0360. The Kier molecular flexibility index (Phi) is 5.95. The number of alkyl halides is 3. The van der Waals surface area contributed by atoms with Crippen LogP contribution >= 0.6 is 0 Å². The van der Waals surface area contributed by atoms with Gasteiger partial charge < -0.3 is 15.4 Å². The van der Waals surface area contributed by atoms with Crippen molar-refractivity contribution >= 4 is 11.4 Å². The second-order valence-electron chi connectivity index (χ2n) is 4.25. The number of benzene rings is 1. The molecule has 19 heavy (non-hydrogen) atoms. The lowest BCUT2D eigenvalue weighted by Gasteiger charge is -2.24. The van der Waals surface area contributed by atoms with E-state index in [1.165, 1.54) is 0 Å². The smallest absolute Gasteiger partial charge is 0.399 e. The fourth-order valence-corrected chi connectivity index (χ4v) is 1.72. The van der Waals surface area contributed by atoms with Gasteiger partial charge in [0.05, 0.1) is 6.61 Å². The van der Waals surface area contributed by atoms with Gasteiger partial charge in [-0.3, -0.25) is 0 Å². The third-order valence-electron chi connectivity index (χ3n) is 2.50. The molecule has 0 aliphatic carbocycles. The highest BCUT2D eigenvalue weighted by molar-refractivity contribution is 5.55. The fraction of sp³-hybridized carbons (Fsp3) is 0.538. The van der Waals surface area contributed by atoms with Gasteiger partial charge in [-0.25, -0.2) is 0 Å². The van der Waals surface area contributed by atoms with E-state index in [9.17, 15) is 13.2 Å². The summed E-state index contributed by atoms with van der Waals surface area (Å²) in [5.41, 5.74) is 7.23. The number of rotatable bonds is 7. The molecule has 6 heteroatoms. The Labute approximate surface area is 111 Å². The van der Waals surface area contributed by atoms with Gasteiger partial charge in [0.15, 0.2) is 0 Å². The standard InChI is InChI=1S/C13H19F3N2O/c1-2-6-18(7-8-19-10-13(14,15)16)12-5-3-4-11(17)9-12/h3-5,9H,2,6-8,10,17H2,1H3. The quantitative estimate of drug-likeness (QED) is 0.614. The van der Waals surface area contributed by atoms with Gasteiger partial charge in [0.2, 0.25) is 0 Å². The summed E-state index contributed by atoms with van der Waals surface area (Å²) >= 11 is 0. The van der Waals surface area contributed by atoms with Crippen LogP contribution in [0.4, 0.5) is 24.5 Å². The lowest BCUT2D eigenvalue weighted by molar-refractivity contribution is -0.173. The predicted molar refractivity (Wildman–Crippen MR) is 70.2 cm³/mol. The summed E-state index contributed by atoms with van der Waals surface area (Å²) in [5.74, 6) is 0. The topological polar surface area (TPSA) is 38.5 Å². The molecule has 3 nitrogen and oxygen atoms in total. The Bertz CT molecular complexity index is 382. The van der Waals surface area contributed by atoms with Crippen molar-refractivity contribution in [3.05, 3.63) is 24.3 Å². The summed E-state index contributed by atoms with van der Waals surface area (Å²) in [6.45, 7) is 2.00. The number of anilines is 2. The second-order valence-corrected chi connectivity index (χ2v) is 4.25. The van der Waals surface area contributed by atoms with Crippen LogP contribution in [0.3, 0.4) is 0 Å². The molecule has 0 amide bonds. The number of nitrogens with zero attached hydrogens (tertiary/aromatic N) is 1. The molecule has 0 fully saturated rings. The van der Waals surface area contributed by atoms with Crippen molar-refractivity contribution < 1.29 is 17.9 Å².